The van der Waals surface area contributed by atoms with E-state index in [0.717, 1.165) is 52.9 Å². The van der Waals surface area contributed by atoms with Crippen LogP contribution in [-0.4, -0.2) is 144 Å². The molecule has 3 fully saturated rings. The van der Waals surface area contributed by atoms with Crippen LogP contribution in [0.15, 0.2) is 79.0 Å². The van der Waals surface area contributed by atoms with E-state index in [1.54, 1.807) is 36.5 Å². The lowest BCUT2D eigenvalue weighted by molar-refractivity contribution is -0.136. The van der Waals surface area contributed by atoms with Gasteiger partial charge in [0.2, 0.25) is 17.7 Å². The Morgan fingerprint density at radius 1 is 0.788 bits per heavy atom. The summed E-state index contributed by atoms with van der Waals surface area (Å²) in [4.78, 5) is 80.1. The van der Waals surface area contributed by atoms with E-state index in [2.05, 4.69) is 25.4 Å². The average Bonchev–Trinajstić information content (AvgIpc) is 4.06. The van der Waals surface area contributed by atoms with Gasteiger partial charge >= 0.3 is 0 Å². The van der Waals surface area contributed by atoms with Crippen LogP contribution in [0, 0.1) is 5.82 Å². The summed E-state index contributed by atoms with van der Waals surface area (Å²) in [5.74, 6) is -0.804. The van der Waals surface area contributed by atoms with Crippen molar-refractivity contribution in [1.29, 1.82) is 0 Å². The summed E-state index contributed by atoms with van der Waals surface area (Å²) in [6, 6.07) is 20.5. The summed E-state index contributed by atoms with van der Waals surface area (Å²) in [5.41, 5.74) is 4.02. The number of nitrogens with zero attached hydrogens (tertiary/aromatic N) is 8. The second-order valence-electron chi connectivity index (χ2n) is 16.4. The molecule has 66 heavy (non-hydrogen) atoms. The molecule has 3 saturated heterocycles. The molecule has 4 aliphatic heterocycles. The lowest BCUT2D eigenvalue weighted by Gasteiger charge is -2.35. The van der Waals surface area contributed by atoms with E-state index in [4.69, 9.17) is 24.3 Å². The molecule has 5 amide bonds. The monoisotopic (exact) mass is 902 g/mol. The van der Waals surface area contributed by atoms with E-state index in [1.807, 2.05) is 45.8 Å². The van der Waals surface area contributed by atoms with Crippen molar-refractivity contribution in [3.8, 4) is 11.4 Å². The topological polar surface area (TPSA) is 193 Å². The van der Waals surface area contributed by atoms with Gasteiger partial charge in [0.15, 0.2) is 5.65 Å². The molecule has 0 bridgehead atoms. The molecule has 18 nitrogen and oxygen atoms in total. The fraction of sp³-hybridized carbons (Fsp3) is 0.404. The third kappa shape index (κ3) is 9.59. The second-order valence-corrected chi connectivity index (χ2v) is 16.4. The van der Waals surface area contributed by atoms with Crippen LogP contribution in [-0.2, 0) is 28.6 Å². The van der Waals surface area contributed by atoms with Crippen LogP contribution in [0.3, 0.4) is 0 Å². The number of carbonyl (C=O) groups is 5. The van der Waals surface area contributed by atoms with Gasteiger partial charge in [0.05, 0.1) is 75.1 Å². The second kappa shape index (κ2) is 20.1. The van der Waals surface area contributed by atoms with Crippen LogP contribution in [0.1, 0.15) is 64.4 Å². The van der Waals surface area contributed by atoms with Crippen molar-refractivity contribution in [2.45, 2.75) is 44.2 Å². The molecule has 0 spiro atoms. The third-order valence-electron chi connectivity index (χ3n) is 12.3. The number of fused-ring (bicyclic) bond motifs is 2. The Kier molecular flexibility index (Phi) is 13.5. The number of hydrogen-bond acceptors (Lipinski definition) is 14. The summed E-state index contributed by atoms with van der Waals surface area (Å²) in [6.45, 7) is 5.56. The van der Waals surface area contributed by atoms with Gasteiger partial charge in [-0.25, -0.2) is 18.9 Å². The van der Waals surface area contributed by atoms with Gasteiger partial charge in [0.25, 0.3) is 11.8 Å². The Balaban J connectivity index is 0.654. The zero-order valence-corrected chi connectivity index (χ0v) is 36.4. The van der Waals surface area contributed by atoms with E-state index in [9.17, 15) is 28.4 Å². The number of piperazine rings is 1. The predicted octanol–water partition coefficient (Wildman–Crippen LogP) is 3.87. The largest absolute Gasteiger partial charge is 0.382 e. The Hall–Kier alpha value is -6.83. The molecule has 344 valence electrons. The molecule has 2 aromatic carbocycles. The molecule has 0 radical (unpaired) electrons. The van der Waals surface area contributed by atoms with Crippen LogP contribution in [0.2, 0.25) is 0 Å². The minimum Gasteiger partial charge on any atom is -0.382 e. The van der Waals surface area contributed by atoms with Crippen LogP contribution in [0.4, 0.5) is 21.7 Å². The Bertz CT molecular complexity index is 2620. The van der Waals surface area contributed by atoms with Crippen molar-refractivity contribution in [3.63, 3.8) is 0 Å². The average molecular weight is 903 g/mol. The lowest BCUT2D eigenvalue weighted by Crippen LogP contribution is -2.54. The SMILES string of the molecule is O=C1CCC(N2C(=O)c3cccc(NCCOCCOCCOCCC(=O)N4CCN(c5cccc(-c6cnc7ccc(N8CCC[C@@H]8c8cccc(F)c8)nn67)n5)CC4)c3C2=O)C(=O)N1. The quantitative estimate of drug-likeness (QED) is 0.0951. The minimum atomic E-state index is -1.03. The van der Waals surface area contributed by atoms with E-state index >= 15 is 0 Å². The number of rotatable bonds is 18. The normalized spacial score (nSPS) is 18.7. The highest BCUT2D eigenvalue weighted by atomic mass is 19.1. The zero-order valence-electron chi connectivity index (χ0n) is 36.4. The maximum Gasteiger partial charge on any atom is 0.264 e. The minimum absolute atomic E-state index is 0.0348. The molecular weight excluding hydrogens is 852 g/mol. The summed E-state index contributed by atoms with van der Waals surface area (Å²) < 4.78 is 32.8. The molecule has 9 rings (SSSR count). The van der Waals surface area contributed by atoms with Crippen LogP contribution in [0.25, 0.3) is 17.0 Å². The molecule has 2 atom stereocenters. The molecular formula is C47H51FN10O8. The number of hydrogen-bond donors (Lipinski definition) is 2. The fourth-order valence-electron chi connectivity index (χ4n) is 9.00. The predicted molar refractivity (Wildman–Crippen MR) is 239 cm³/mol. The smallest absolute Gasteiger partial charge is 0.264 e. The highest BCUT2D eigenvalue weighted by molar-refractivity contribution is 6.25. The first kappa shape index (κ1) is 44.4. The Morgan fingerprint density at radius 2 is 1.56 bits per heavy atom. The van der Waals surface area contributed by atoms with Crippen molar-refractivity contribution in [2.75, 3.05) is 94.0 Å². The first-order valence-electron chi connectivity index (χ1n) is 22.4. The van der Waals surface area contributed by atoms with Crippen molar-refractivity contribution in [2.24, 2.45) is 0 Å². The molecule has 3 aromatic heterocycles. The van der Waals surface area contributed by atoms with Crippen molar-refractivity contribution in [1.82, 2.24) is 34.7 Å². The van der Waals surface area contributed by atoms with Gasteiger partial charge in [-0.1, -0.05) is 24.3 Å². The van der Waals surface area contributed by atoms with Crippen molar-refractivity contribution < 1.29 is 42.6 Å². The number of imidazole rings is 1. The molecule has 2 N–H and O–H groups in total. The molecule has 4 aliphatic rings. The standard InChI is InChI=1S/C47H51FN10O8/c48-32-6-1-5-31(29-32)36-10-4-18-56(36)41-14-13-39-50-30-38(58(39)53-41)34-8-3-11-40(51-34)54-19-21-55(22-20-54)43(60)16-23-64-25-27-66-28-26-65-24-17-49-35-9-2-7-33-44(35)47(63)57(46(33)62)37-12-15-42(59)52-45(37)61/h1-3,5-9,11,13-14,29-30,36-37,49H,4,10,12,15-28H2,(H,52,59,61)/t36-,37?/m1/s1. The number of pyridine rings is 1. The van der Waals surface area contributed by atoms with Gasteiger partial charge in [-0.05, 0) is 73.4 Å². The summed E-state index contributed by atoms with van der Waals surface area (Å²) in [7, 11) is 0. The van der Waals surface area contributed by atoms with Gasteiger partial charge in [0, 0.05) is 51.4 Å². The van der Waals surface area contributed by atoms with Gasteiger partial charge < -0.3 is 34.2 Å². The fourth-order valence-corrected chi connectivity index (χ4v) is 9.00. The van der Waals surface area contributed by atoms with Crippen LogP contribution in [0.5, 0.6) is 0 Å². The number of benzene rings is 2. The van der Waals surface area contributed by atoms with Gasteiger partial charge in [-0.2, -0.15) is 0 Å². The van der Waals surface area contributed by atoms with Crippen LogP contribution < -0.4 is 20.4 Å². The van der Waals surface area contributed by atoms with Gasteiger partial charge in [-0.15, -0.1) is 5.10 Å². The molecule has 0 aliphatic carbocycles. The molecule has 19 heteroatoms. The third-order valence-corrected chi connectivity index (χ3v) is 12.3. The van der Waals surface area contributed by atoms with E-state index in [1.165, 1.54) is 6.07 Å². The van der Waals surface area contributed by atoms with E-state index in [-0.39, 0.29) is 54.8 Å². The highest BCUT2D eigenvalue weighted by Crippen LogP contribution is 2.36. The number of anilines is 3. The molecule has 0 saturated carbocycles. The maximum absolute atomic E-state index is 14.1. The Labute approximate surface area is 380 Å². The van der Waals surface area contributed by atoms with Crippen molar-refractivity contribution >= 4 is 52.5 Å². The summed E-state index contributed by atoms with van der Waals surface area (Å²) >= 11 is 0. The van der Waals surface area contributed by atoms with E-state index < -0.39 is 29.7 Å². The summed E-state index contributed by atoms with van der Waals surface area (Å²) in [6.07, 6.45) is 4.11. The first-order valence-corrected chi connectivity index (χ1v) is 22.4. The zero-order chi connectivity index (χ0) is 45.6. The Morgan fingerprint density at radius 3 is 2.36 bits per heavy atom. The molecule has 5 aromatic rings. The number of piperidine rings is 1. The number of amides is 5. The first-order chi connectivity index (χ1) is 32.2. The number of nitrogens with one attached hydrogen (secondary N) is 2. The van der Waals surface area contributed by atoms with Gasteiger partial charge in [-0.3, -0.25) is 34.2 Å². The number of ether oxygens (including phenoxy) is 3. The molecule has 7 heterocycles. The number of halogens is 1. The van der Waals surface area contributed by atoms with Crippen molar-refractivity contribution in [3.05, 3.63) is 102 Å². The molecule has 1 unspecified atom stereocenters. The number of aromatic nitrogens is 4. The number of carbonyl (C=O) groups excluding carboxylic acids is 5. The van der Waals surface area contributed by atoms with E-state index in [0.29, 0.717) is 77.1 Å². The highest BCUT2D eigenvalue weighted by Gasteiger charge is 2.45. The van der Waals surface area contributed by atoms with Gasteiger partial charge in [0.1, 0.15) is 29.2 Å². The summed E-state index contributed by atoms with van der Waals surface area (Å²) in [5, 5.41) is 10.3. The lowest BCUT2D eigenvalue weighted by atomic mass is 10.0. The van der Waals surface area contributed by atoms with Crippen LogP contribution >= 0.6 is 0 Å². The number of imide groups is 2. The maximum atomic E-state index is 14.1.